The van der Waals surface area contributed by atoms with E-state index >= 15 is 0 Å². The van der Waals surface area contributed by atoms with Gasteiger partial charge in [0.15, 0.2) is 0 Å². The van der Waals surface area contributed by atoms with Crippen molar-refractivity contribution in [2.24, 2.45) is 0 Å². The Hall–Kier alpha value is -1.18. The molecule has 0 unspecified atom stereocenters. The Morgan fingerprint density at radius 2 is 1.75 bits per heavy atom. The van der Waals surface area contributed by atoms with Gasteiger partial charge >= 0.3 is 0 Å². The summed E-state index contributed by atoms with van der Waals surface area (Å²) in [5.41, 5.74) is 1.69. The minimum Gasteiger partial charge on any atom is -0.508 e. The van der Waals surface area contributed by atoms with Crippen LogP contribution in [0.15, 0.2) is 12.1 Å². The molecule has 0 aliphatic rings. The van der Waals surface area contributed by atoms with Gasteiger partial charge in [-0.15, -0.1) is 0 Å². The molecule has 0 heterocycles. The Morgan fingerprint density at radius 1 is 1.19 bits per heavy atom. The average molecular weight is 222 g/mol. The number of aromatic hydroxyl groups is 1. The van der Waals surface area contributed by atoms with E-state index in [0.717, 1.165) is 16.9 Å². The van der Waals surface area contributed by atoms with Crippen LogP contribution in [0.4, 0.5) is 0 Å². The number of rotatable bonds is 2. The van der Waals surface area contributed by atoms with Crippen LogP contribution in [-0.2, 0) is 0 Å². The molecule has 90 valence electrons. The molecule has 2 nitrogen and oxygen atoms in total. The van der Waals surface area contributed by atoms with Crippen molar-refractivity contribution in [3.63, 3.8) is 0 Å². The molecule has 0 aliphatic heterocycles. The van der Waals surface area contributed by atoms with Crippen LogP contribution >= 0.6 is 0 Å². The Kier molecular flexibility index (Phi) is 3.51. The Labute approximate surface area is 98.3 Å². The summed E-state index contributed by atoms with van der Waals surface area (Å²) in [4.78, 5) is 0. The standard InChI is InChI=1S/C14H22O2/c1-9(2)11-8-12(15)10(3)7-13(11)16-14(4,5)6/h7-9,15H,1-6H3. The molecule has 0 aromatic heterocycles. The number of phenolic OH excluding ortho intramolecular Hbond substituents is 1. The number of hydrogen-bond acceptors (Lipinski definition) is 2. The van der Waals surface area contributed by atoms with E-state index in [9.17, 15) is 5.11 Å². The number of benzene rings is 1. The van der Waals surface area contributed by atoms with Crippen LogP contribution < -0.4 is 4.74 Å². The monoisotopic (exact) mass is 222 g/mol. The molecular formula is C14H22O2. The zero-order valence-electron chi connectivity index (χ0n) is 11.1. The normalized spacial score (nSPS) is 11.9. The lowest BCUT2D eigenvalue weighted by atomic mass is 9.99. The SMILES string of the molecule is Cc1cc(OC(C)(C)C)c(C(C)C)cc1O. The fourth-order valence-electron chi connectivity index (χ4n) is 1.56. The van der Waals surface area contributed by atoms with Gasteiger partial charge < -0.3 is 9.84 Å². The maximum absolute atomic E-state index is 9.72. The Morgan fingerprint density at radius 3 is 2.19 bits per heavy atom. The van der Waals surface area contributed by atoms with Crippen molar-refractivity contribution >= 4 is 0 Å². The van der Waals surface area contributed by atoms with Gasteiger partial charge in [0.25, 0.3) is 0 Å². The van der Waals surface area contributed by atoms with E-state index in [1.807, 2.05) is 33.8 Å². The van der Waals surface area contributed by atoms with Crippen molar-refractivity contribution < 1.29 is 9.84 Å². The summed E-state index contributed by atoms with van der Waals surface area (Å²) in [5.74, 6) is 1.55. The zero-order chi connectivity index (χ0) is 12.5. The maximum Gasteiger partial charge on any atom is 0.124 e. The molecule has 16 heavy (non-hydrogen) atoms. The number of aryl methyl sites for hydroxylation is 1. The molecule has 1 aromatic carbocycles. The van der Waals surface area contributed by atoms with Crippen molar-refractivity contribution in [1.82, 2.24) is 0 Å². The fourth-order valence-corrected chi connectivity index (χ4v) is 1.56. The second-order valence-corrected chi connectivity index (χ2v) is 5.55. The molecule has 0 bridgehead atoms. The van der Waals surface area contributed by atoms with Gasteiger partial charge in [0.1, 0.15) is 17.1 Å². The summed E-state index contributed by atoms with van der Waals surface area (Å²) < 4.78 is 5.92. The Balaban J connectivity index is 3.20. The highest BCUT2D eigenvalue weighted by molar-refractivity contribution is 5.46. The van der Waals surface area contributed by atoms with E-state index in [0.29, 0.717) is 11.7 Å². The van der Waals surface area contributed by atoms with Crippen LogP contribution in [0.1, 0.15) is 51.7 Å². The van der Waals surface area contributed by atoms with Crippen LogP contribution in [0, 0.1) is 6.92 Å². The van der Waals surface area contributed by atoms with Crippen LogP contribution in [0.2, 0.25) is 0 Å². The number of phenols is 1. The van der Waals surface area contributed by atoms with Gasteiger partial charge in [0, 0.05) is 5.56 Å². The lowest BCUT2D eigenvalue weighted by molar-refractivity contribution is 0.128. The van der Waals surface area contributed by atoms with Crippen LogP contribution in [0.3, 0.4) is 0 Å². The first-order valence-electron chi connectivity index (χ1n) is 5.73. The van der Waals surface area contributed by atoms with Crippen molar-refractivity contribution in [3.8, 4) is 11.5 Å². The molecule has 0 saturated carbocycles. The van der Waals surface area contributed by atoms with Gasteiger partial charge in [-0.2, -0.15) is 0 Å². The molecular weight excluding hydrogens is 200 g/mol. The summed E-state index contributed by atoms with van der Waals surface area (Å²) in [6.45, 7) is 12.2. The number of ether oxygens (including phenoxy) is 1. The van der Waals surface area contributed by atoms with E-state index in [1.165, 1.54) is 0 Å². The van der Waals surface area contributed by atoms with Gasteiger partial charge in [0.05, 0.1) is 0 Å². The second kappa shape index (κ2) is 4.36. The third-order valence-corrected chi connectivity index (χ3v) is 2.37. The summed E-state index contributed by atoms with van der Waals surface area (Å²) in [7, 11) is 0. The van der Waals surface area contributed by atoms with Gasteiger partial charge in [0.2, 0.25) is 0 Å². The molecule has 0 radical (unpaired) electrons. The van der Waals surface area contributed by atoms with Gasteiger partial charge in [-0.3, -0.25) is 0 Å². The summed E-state index contributed by atoms with van der Waals surface area (Å²) in [6, 6.07) is 3.72. The van der Waals surface area contributed by atoms with Gasteiger partial charge in [-0.1, -0.05) is 13.8 Å². The van der Waals surface area contributed by atoms with E-state index in [2.05, 4.69) is 13.8 Å². The van der Waals surface area contributed by atoms with Gasteiger partial charge in [-0.05, 0) is 51.3 Å². The lowest BCUT2D eigenvalue weighted by Crippen LogP contribution is -2.23. The molecule has 0 amide bonds. The third-order valence-electron chi connectivity index (χ3n) is 2.37. The highest BCUT2D eigenvalue weighted by atomic mass is 16.5. The van der Waals surface area contributed by atoms with E-state index in [4.69, 9.17) is 4.74 Å². The topological polar surface area (TPSA) is 29.5 Å². The van der Waals surface area contributed by atoms with Crippen LogP contribution in [0.25, 0.3) is 0 Å². The largest absolute Gasteiger partial charge is 0.508 e. The molecule has 1 aromatic rings. The highest BCUT2D eigenvalue weighted by Gasteiger charge is 2.17. The molecule has 2 heteroatoms. The predicted octanol–water partition coefficient (Wildman–Crippen LogP) is 4.00. The van der Waals surface area contributed by atoms with E-state index in [1.54, 1.807) is 6.07 Å². The predicted molar refractivity (Wildman–Crippen MR) is 67.3 cm³/mol. The van der Waals surface area contributed by atoms with E-state index in [-0.39, 0.29) is 5.60 Å². The first-order valence-corrected chi connectivity index (χ1v) is 5.73. The first kappa shape index (κ1) is 12.9. The first-order chi connectivity index (χ1) is 7.20. The lowest BCUT2D eigenvalue weighted by Gasteiger charge is -2.25. The minimum atomic E-state index is -0.215. The average Bonchev–Trinajstić information content (AvgIpc) is 2.07. The van der Waals surface area contributed by atoms with Crippen LogP contribution in [0.5, 0.6) is 11.5 Å². The summed E-state index contributed by atoms with van der Waals surface area (Å²) in [5, 5.41) is 9.72. The smallest absolute Gasteiger partial charge is 0.124 e. The van der Waals surface area contributed by atoms with Crippen molar-refractivity contribution in [3.05, 3.63) is 23.3 Å². The van der Waals surface area contributed by atoms with Crippen molar-refractivity contribution in [2.45, 2.75) is 53.1 Å². The molecule has 0 saturated heterocycles. The number of hydrogen-bond donors (Lipinski definition) is 1. The highest BCUT2D eigenvalue weighted by Crippen LogP contribution is 2.34. The third kappa shape index (κ3) is 3.16. The zero-order valence-corrected chi connectivity index (χ0v) is 11.1. The fraction of sp³-hybridized carbons (Fsp3) is 0.571. The molecule has 0 aliphatic carbocycles. The molecule has 0 fully saturated rings. The summed E-state index contributed by atoms with van der Waals surface area (Å²) in [6.07, 6.45) is 0. The second-order valence-electron chi connectivity index (χ2n) is 5.55. The maximum atomic E-state index is 9.72. The quantitative estimate of drug-likeness (QED) is 0.819. The molecule has 0 atom stereocenters. The van der Waals surface area contributed by atoms with Crippen LogP contribution in [-0.4, -0.2) is 10.7 Å². The molecule has 1 rings (SSSR count). The Bertz CT molecular complexity index is 373. The molecule has 1 N–H and O–H groups in total. The van der Waals surface area contributed by atoms with E-state index < -0.39 is 0 Å². The van der Waals surface area contributed by atoms with Crippen molar-refractivity contribution in [1.29, 1.82) is 0 Å². The van der Waals surface area contributed by atoms with Gasteiger partial charge in [-0.25, -0.2) is 0 Å². The summed E-state index contributed by atoms with van der Waals surface area (Å²) >= 11 is 0. The van der Waals surface area contributed by atoms with Crippen molar-refractivity contribution in [2.75, 3.05) is 0 Å². The minimum absolute atomic E-state index is 0.215. The molecule has 0 spiro atoms.